The van der Waals surface area contributed by atoms with Crippen LogP contribution in [0, 0.1) is 0 Å². The summed E-state index contributed by atoms with van der Waals surface area (Å²) in [5.74, 6) is -1.58. The number of hydrogen-bond acceptors (Lipinski definition) is 4. The van der Waals surface area contributed by atoms with Gasteiger partial charge in [0.1, 0.15) is 0 Å². The van der Waals surface area contributed by atoms with Crippen LogP contribution in [0.3, 0.4) is 0 Å². The van der Waals surface area contributed by atoms with Gasteiger partial charge in [-0.25, -0.2) is 0 Å². The molecule has 2 amide bonds. The largest absolute Gasteiger partial charge is 0.481 e. The molecule has 0 radical (unpaired) electrons. The molecule has 0 spiro atoms. The molecule has 0 aliphatic heterocycles. The summed E-state index contributed by atoms with van der Waals surface area (Å²) in [6.07, 6.45) is 5.24. The van der Waals surface area contributed by atoms with E-state index in [0.29, 0.717) is 25.9 Å². The van der Waals surface area contributed by atoms with E-state index in [2.05, 4.69) is 10.6 Å². The van der Waals surface area contributed by atoms with E-state index in [0.717, 1.165) is 25.7 Å². The third-order valence-electron chi connectivity index (χ3n) is 2.88. The van der Waals surface area contributed by atoms with Crippen molar-refractivity contribution in [3.05, 3.63) is 0 Å². The summed E-state index contributed by atoms with van der Waals surface area (Å²) >= 11 is 0. The van der Waals surface area contributed by atoms with Gasteiger partial charge in [-0.15, -0.1) is 0 Å². The van der Waals surface area contributed by atoms with Crippen LogP contribution in [0.25, 0.3) is 0 Å². The summed E-state index contributed by atoms with van der Waals surface area (Å²) < 4.78 is 0. The summed E-state index contributed by atoms with van der Waals surface area (Å²) in [5.41, 5.74) is 0. The molecule has 0 rings (SSSR count). The molecular weight excluding hydrogens is 382 g/mol. The number of carbonyl (C=O) groups excluding carboxylic acids is 2. The molecule has 0 atom stereocenters. The molecule has 0 fully saturated rings. The Hall–Kier alpha value is -1.50. The molecule has 0 aliphatic carbocycles. The Kier molecular flexibility index (Phi) is 23.3. The molecule has 25 heavy (non-hydrogen) atoms. The Bertz CT molecular complexity index is 319. The van der Waals surface area contributed by atoms with Gasteiger partial charge in [-0.1, -0.05) is 12.8 Å². The van der Waals surface area contributed by atoms with Crippen molar-refractivity contribution in [1.29, 1.82) is 0 Å². The third kappa shape index (κ3) is 34.7. The Balaban J connectivity index is -0.000000372. The van der Waals surface area contributed by atoms with E-state index in [-0.39, 0.29) is 44.1 Å². The minimum Gasteiger partial charge on any atom is -0.481 e. The number of unbranched alkanes of at least 4 members (excludes halogenated alkanes) is 4. The molecule has 0 aromatic carbocycles. The fourth-order valence-corrected chi connectivity index (χ4v) is 1.68. The molecule has 0 saturated carbocycles. The van der Waals surface area contributed by atoms with Crippen LogP contribution in [-0.2, 0) is 38.7 Å². The van der Waals surface area contributed by atoms with E-state index in [4.69, 9.17) is 10.2 Å². The first kappa shape index (κ1) is 28.3. The Morgan fingerprint density at radius 3 is 1.20 bits per heavy atom. The minimum absolute atomic E-state index is 0. The summed E-state index contributed by atoms with van der Waals surface area (Å²) in [6.45, 7) is 4.23. The molecule has 8 nitrogen and oxygen atoms in total. The number of amides is 2. The van der Waals surface area contributed by atoms with Crippen LogP contribution in [0.4, 0.5) is 0 Å². The van der Waals surface area contributed by atoms with E-state index in [1.807, 2.05) is 0 Å². The number of carboxylic acids is 2. The van der Waals surface area contributed by atoms with Crippen molar-refractivity contribution in [2.75, 3.05) is 13.1 Å². The monoisotopic (exact) mass is 410 g/mol. The molecule has 9 heteroatoms. The number of carbonyl (C=O) groups is 4. The Labute approximate surface area is 161 Å². The zero-order valence-corrected chi connectivity index (χ0v) is 18.3. The van der Waals surface area contributed by atoms with Gasteiger partial charge in [0.05, 0.1) is 0 Å². The fourth-order valence-electron chi connectivity index (χ4n) is 1.68. The maximum absolute atomic E-state index is 10.4. The second-order valence-corrected chi connectivity index (χ2v) is 5.37. The molecule has 0 unspecified atom stereocenters. The number of hydrogen-bond donors (Lipinski definition) is 4. The van der Waals surface area contributed by atoms with Gasteiger partial charge in [0.15, 0.2) is 0 Å². The number of nitrogens with one attached hydrogen (secondary N) is 2. The van der Waals surface area contributed by atoms with E-state index >= 15 is 0 Å². The number of aliphatic carboxylic acids is 2. The van der Waals surface area contributed by atoms with Gasteiger partial charge in [0.25, 0.3) is 0 Å². The zero-order valence-electron chi connectivity index (χ0n) is 15.3. The maximum atomic E-state index is 10.4. The van der Waals surface area contributed by atoms with Crippen LogP contribution in [0.1, 0.15) is 65.2 Å². The van der Waals surface area contributed by atoms with Crippen molar-refractivity contribution in [3.8, 4) is 0 Å². The van der Waals surface area contributed by atoms with Crippen LogP contribution in [-0.4, -0.2) is 47.1 Å². The zero-order chi connectivity index (χ0) is 18.8. The van der Waals surface area contributed by atoms with Crippen LogP contribution in [0.2, 0.25) is 0 Å². The van der Waals surface area contributed by atoms with Crippen molar-refractivity contribution in [1.82, 2.24) is 10.6 Å². The standard InChI is InChI=1S/2C8H15NO3.Zn/c2*1-7(10)9-6-4-2-3-5-8(11)12;/h2*2-6H2,1H3,(H,9,10)(H,11,12);. The van der Waals surface area contributed by atoms with E-state index in [1.54, 1.807) is 0 Å². The van der Waals surface area contributed by atoms with Crippen LogP contribution >= 0.6 is 0 Å². The first-order valence-electron chi connectivity index (χ1n) is 8.18. The minimum atomic E-state index is -0.755. The smallest absolute Gasteiger partial charge is 0.303 e. The molecule has 0 bridgehead atoms. The normalized spacial score (nSPS) is 9.04. The molecular formula is C16H30N2O6Zn. The molecule has 0 saturated heterocycles. The van der Waals surface area contributed by atoms with Gasteiger partial charge in [0, 0.05) is 59.3 Å². The van der Waals surface area contributed by atoms with Crippen LogP contribution < -0.4 is 10.6 Å². The predicted octanol–water partition coefficient (Wildman–Crippen LogP) is 1.53. The van der Waals surface area contributed by atoms with Crippen molar-refractivity contribution >= 4 is 23.8 Å². The summed E-state index contributed by atoms with van der Waals surface area (Å²) in [6, 6.07) is 0. The second-order valence-electron chi connectivity index (χ2n) is 5.37. The second kappa shape index (κ2) is 20.5. The van der Waals surface area contributed by atoms with Crippen molar-refractivity contribution in [3.63, 3.8) is 0 Å². The quantitative estimate of drug-likeness (QED) is 0.284. The summed E-state index contributed by atoms with van der Waals surface area (Å²) in [7, 11) is 0. The average Bonchev–Trinajstić information content (AvgIpc) is 2.46. The maximum Gasteiger partial charge on any atom is 0.303 e. The van der Waals surface area contributed by atoms with Gasteiger partial charge >= 0.3 is 11.9 Å². The molecule has 142 valence electrons. The summed E-state index contributed by atoms with van der Waals surface area (Å²) in [4.78, 5) is 40.9. The van der Waals surface area contributed by atoms with Crippen LogP contribution in [0.5, 0.6) is 0 Å². The Morgan fingerprint density at radius 2 is 0.960 bits per heavy atom. The van der Waals surface area contributed by atoms with E-state index in [9.17, 15) is 19.2 Å². The Morgan fingerprint density at radius 1 is 0.640 bits per heavy atom. The predicted molar refractivity (Wildman–Crippen MR) is 89.6 cm³/mol. The van der Waals surface area contributed by atoms with Gasteiger partial charge < -0.3 is 20.8 Å². The van der Waals surface area contributed by atoms with Gasteiger partial charge in [0.2, 0.25) is 11.8 Å². The molecule has 4 N–H and O–H groups in total. The van der Waals surface area contributed by atoms with Crippen molar-refractivity contribution < 1.29 is 48.9 Å². The van der Waals surface area contributed by atoms with Crippen LogP contribution in [0.15, 0.2) is 0 Å². The van der Waals surface area contributed by atoms with Gasteiger partial charge in [-0.05, 0) is 25.7 Å². The molecule has 0 aromatic rings. The van der Waals surface area contributed by atoms with E-state index < -0.39 is 11.9 Å². The van der Waals surface area contributed by atoms with Crippen molar-refractivity contribution in [2.24, 2.45) is 0 Å². The average molecular weight is 412 g/mol. The first-order chi connectivity index (χ1) is 11.3. The van der Waals surface area contributed by atoms with Crippen molar-refractivity contribution in [2.45, 2.75) is 65.2 Å². The number of carboxylic acid groups (broad SMARTS) is 2. The summed E-state index contributed by atoms with van der Waals surface area (Å²) in [5, 5.41) is 21.9. The number of rotatable bonds is 12. The third-order valence-corrected chi connectivity index (χ3v) is 2.88. The van der Waals surface area contributed by atoms with Gasteiger partial charge in [-0.2, -0.15) is 0 Å². The van der Waals surface area contributed by atoms with E-state index in [1.165, 1.54) is 13.8 Å². The molecule has 0 heterocycles. The first-order valence-corrected chi connectivity index (χ1v) is 8.18. The molecule has 0 aliphatic rings. The fraction of sp³-hybridized carbons (Fsp3) is 0.750. The van der Waals surface area contributed by atoms with Gasteiger partial charge in [-0.3, -0.25) is 19.2 Å². The topological polar surface area (TPSA) is 133 Å². The molecule has 0 aromatic heterocycles. The SMILES string of the molecule is CC(=O)NCCCCCC(=O)O.CC(=O)NCCCCCC(=O)O.[Zn].